The van der Waals surface area contributed by atoms with Crippen molar-refractivity contribution in [3.8, 4) is 0 Å². The average Bonchev–Trinajstić information content (AvgIpc) is 2.96. The van der Waals surface area contributed by atoms with E-state index in [1.807, 2.05) is 0 Å². The van der Waals surface area contributed by atoms with Crippen molar-refractivity contribution in [3.63, 3.8) is 0 Å². The molecule has 21 heavy (non-hydrogen) atoms. The Morgan fingerprint density at radius 2 is 1.76 bits per heavy atom. The minimum absolute atomic E-state index is 0.170. The summed E-state index contributed by atoms with van der Waals surface area (Å²) in [7, 11) is 3.39. The van der Waals surface area contributed by atoms with Crippen LogP contribution in [0.25, 0.3) is 0 Å². The number of ether oxygens (including phenoxy) is 2. The van der Waals surface area contributed by atoms with Gasteiger partial charge in [-0.1, -0.05) is 0 Å². The predicted molar refractivity (Wildman–Crippen MR) is 75.9 cm³/mol. The number of carbonyl (C=O) groups excluding carboxylic acids is 1. The molecule has 0 aromatic carbocycles. The normalized spacial score (nSPS) is 21.6. The number of nitrogens with zero attached hydrogens (tertiary/aromatic N) is 3. The summed E-state index contributed by atoms with van der Waals surface area (Å²) in [5.74, 6) is 0.167. The number of hydrogen-bond donors (Lipinski definition) is 0. The van der Waals surface area contributed by atoms with Gasteiger partial charge in [0.1, 0.15) is 0 Å². The van der Waals surface area contributed by atoms with Crippen LogP contribution in [0.1, 0.15) is 47.8 Å². The zero-order chi connectivity index (χ0) is 14.9. The minimum atomic E-state index is -0.335. The van der Waals surface area contributed by atoms with E-state index in [9.17, 15) is 4.79 Å². The maximum absolute atomic E-state index is 11.8. The maximum atomic E-state index is 11.8. The number of amides is 1. The molecule has 114 valence electrons. The molecule has 2 fully saturated rings. The molecular weight excluding hydrogens is 270 g/mol. The standard InChI is InChI=1S/C15H21N3O3/c1-18(2)14(19)13-16-9-12(10-17-13)11-3-5-15(6-4-11)20-7-8-21-15/h9-11H,3-8H2,1-2H3. The summed E-state index contributed by atoms with van der Waals surface area (Å²) in [4.78, 5) is 21.6. The van der Waals surface area contributed by atoms with Gasteiger partial charge < -0.3 is 14.4 Å². The van der Waals surface area contributed by atoms with Gasteiger partial charge in [0, 0.05) is 39.3 Å². The van der Waals surface area contributed by atoms with Crippen LogP contribution in [0.2, 0.25) is 0 Å². The highest BCUT2D eigenvalue weighted by Crippen LogP contribution is 2.41. The zero-order valence-corrected chi connectivity index (χ0v) is 12.5. The highest BCUT2D eigenvalue weighted by molar-refractivity contribution is 5.89. The van der Waals surface area contributed by atoms with Gasteiger partial charge >= 0.3 is 0 Å². The van der Waals surface area contributed by atoms with Gasteiger partial charge in [-0.05, 0) is 24.3 Å². The molecule has 0 radical (unpaired) electrons. The Bertz CT molecular complexity index is 499. The number of rotatable bonds is 2. The van der Waals surface area contributed by atoms with E-state index >= 15 is 0 Å². The molecule has 0 N–H and O–H groups in total. The quantitative estimate of drug-likeness (QED) is 0.827. The van der Waals surface area contributed by atoms with Gasteiger partial charge in [0.25, 0.3) is 5.91 Å². The molecule has 1 spiro atoms. The van der Waals surface area contributed by atoms with Gasteiger partial charge in [-0.2, -0.15) is 0 Å². The first-order valence-corrected chi connectivity index (χ1v) is 7.41. The van der Waals surface area contributed by atoms with E-state index in [1.54, 1.807) is 26.5 Å². The first kappa shape index (κ1) is 14.4. The molecule has 2 aliphatic rings. The number of carbonyl (C=O) groups is 1. The second kappa shape index (κ2) is 5.69. The molecule has 1 aromatic rings. The van der Waals surface area contributed by atoms with Gasteiger partial charge in [-0.15, -0.1) is 0 Å². The zero-order valence-electron chi connectivity index (χ0n) is 12.5. The van der Waals surface area contributed by atoms with Crippen molar-refractivity contribution in [2.45, 2.75) is 37.4 Å². The van der Waals surface area contributed by atoms with E-state index in [0.29, 0.717) is 19.1 Å². The van der Waals surface area contributed by atoms with Crippen LogP contribution in [-0.4, -0.2) is 53.9 Å². The van der Waals surface area contributed by atoms with Crippen molar-refractivity contribution in [2.24, 2.45) is 0 Å². The van der Waals surface area contributed by atoms with Crippen LogP contribution in [0.5, 0.6) is 0 Å². The third-order valence-electron chi connectivity index (χ3n) is 4.30. The van der Waals surface area contributed by atoms with E-state index < -0.39 is 0 Å². The van der Waals surface area contributed by atoms with E-state index in [4.69, 9.17) is 9.47 Å². The highest BCUT2D eigenvalue weighted by atomic mass is 16.7. The van der Waals surface area contributed by atoms with Gasteiger partial charge in [0.2, 0.25) is 5.82 Å². The molecule has 1 amide bonds. The Kier molecular flexibility index (Phi) is 3.91. The molecule has 6 heteroatoms. The molecule has 1 saturated heterocycles. The Morgan fingerprint density at radius 3 is 2.29 bits per heavy atom. The third kappa shape index (κ3) is 2.91. The Morgan fingerprint density at radius 1 is 1.19 bits per heavy atom. The number of aromatic nitrogens is 2. The van der Waals surface area contributed by atoms with Crippen LogP contribution >= 0.6 is 0 Å². The molecular formula is C15H21N3O3. The monoisotopic (exact) mass is 291 g/mol. The van der Waals surface area contributed by atoms with Gasteiger partial charge in [0.05, 0.1) is 13.2 Å². The van der Waals surface area contributed by atoms with Crippen LogP contribution in [0.4, 0.5) is 0 Å². The van der Waals surface area contributed by atoms with Crippen molar-refractivity contribution in [2.75, 3.05) is 27.3 Å². The van der Waals surface area contributed by atoms with Crippen molar-refractivity contribution in [1.29, 1.82) is 0 Å². The minimum Gasteiger partial charge on any atom is -0.348 e. The van der Waals surface area contributed by atoms with Crippen LogP contribution in [0, 0.1) is 0 Å². The fourth-order valence-corrected chi connectivity index (χ4v) is 3.04. The van der Waals surface area contributed by atoms with Gasteiger partial charge in [0.15, 0.2) is 5.79 Å². The third-order valence-corrected chi connectivity index (χ3v) is 4.30. The van der Waals surface area contributed by atoms with Gasteiger partial charge in [-0.25, -0.2) is 9.97 Å². The first-order valence-electron chi connectivity index (χ1n) is 7.41. The molecule has 1 aromatic heterocycles. The second-order valence-electron chi connectivity index (χ2n) is 5.92. The van der Waals surface area contributed by atoms with Crippen LogP contribution in [0.15, 0.2) is 12.4 Å². The second-order valence-corrected chi connectivity index (χ2v) is 5.92. The van der Waals surface area contributed by atoms with Crippen LogP contribution in [0.3, 0.4) is 0 Å². The Balaban J connectivity index is 1.64. The highest BCUT2D eigenvalue weighted by Gasteiger charge is 2.40. The topological polar surface area (TPSA) is 64.6 Å². The largest absolute Gasteiger partial charge is 0.348 e. The summed E-state index contributed by atoms with van der Waals surface area (Å²) in [6.07, 6.45) is 7.40. The summed E-state index contributed by atoms with van der Waals surface area (Å²) in [5, 5.41) is 0. The predicted octanol–water partition coefficient (Wildman–Crippen LogP) is 1.58. The van der Waals surface area contributed by atoms with E-state index in [2.05, 4.69) is 9.97 Å². The smallest absolute Gasteiger partial charge is 0.291 e. The van der Waals surface area contributed by atoms with E-state index in [1.165, 1.54) is 4.90 Å². The number of hydrogen-bond acceptors (Lipinski definition) is 5. The summed E-state index contributed by atoms with van der Waals surface area (Å²) in [6.45, 7) is 1.41. The summed E-state index contributed by atoms with van der Waals surface area (Å²) in [6, 6.07) is 0. The van der Waals surface area contributed by atoms with Crippen LogP contribution < -0.4 is 0 Å². The van der Waals surface area contributed by atoms with E-state index in [0.717, 1.165) is 31.2 Å². The molecule has 0 atom stereocenters. The van der Waals surface area contributed by atoms with Crippen molar-refractivity contribution in [1.82, 2.24) is 14.9 Å². The Hall–Kier alpha value is -1.53. The summed E-state index contributed by atoms with van der Waals surface area (Å²) >= 11 is 0. The molecule has 1 saturated carbocycles. The maximum Gasteiger partial charge on any atom is 0.291 e. The van der Waals surface area contributed by atoms with Crippen molar-refractivity contribution >= 4 is 5.91 Å². The molecule has 0 unspecified atom stereocenters. The molecule has 0 bridgehead atoms. The van der Waals surface area contributed by atoms with E-state index in [-0.39, 0.29) is 17.5 Å². The average molecular weight is 291 g/mol. The lowest BCUT2D eigenvalue weighted by Gasteiger charge is -2.35. The fraction of sp³-hybridized carbons (Fsp3) is 0.667. The van der Waals surface area contributed by atoms with Crippen LogP contribution in [-0.2, 0) is 9.47 Å². The molecule has 1 aliphatic heterocycles. The lowest BCUT2D eigenvalue weighted by molar-refractivity contribution is -0.178. The first-order chi connectivity index (χ1) is 10.1. The SMILES string of the molecule is CN(C)C(=O)c1ncc(C2CCC3(CC2)OCCO3)cn1. The molecule has 3 rings (SSSR count). The van der Waals surface area contributed by atoms with Crippen molar-refractivity contribution in [3.05, 3.63) is 23.8 Å². The fourth-order valence-electron chi connectivity index (χ4n) is 3.04. The lowest BCUT2D eigenvalue weighted by Crippen LogP contribution is -2.34. The summed E-state index contributed by atoms with van der Waals surface area (Å²) < 4.78 is 11.5. The molecule has 1 aliphatic carbocycles. The van der Waals surface area contributed by atoms with Crippen molar-refractivity contribution < 1.29 is 14.3 Å². The lowest BCUT2D eigenvalue weighted by atomic mass is 9.82. The summed E-state index contributed by atoms with van der Waals surface area (Å²) in [5.41, 5.74) is 1.10. The molecule has 6 nitrogen and oxygen atoms in total. The van der Waals surface area contributed by atoms with Gasteiger partial charge in [-0.3, -0.25) is 4.79 Å². The molecule has 2 heterocycles. The Labute approximate surface area is 124 Å².